The number of ether oxygens (including phenoxy) is 1. The number of hydrogen-bond acceptors (Lipinski definition) is 4. The van der Waals surface area contributed by atoms with E-state index in [1.165, 1.54) is 0 Å². The maximum atomic E-state index is 13.1. The maximum Gasteiger partial charge on any atom is 0.322 e. The molecule has 0 radical (unpaired) electrons. The van der Waals surface area contributed by atoms with Gasteiger partial charge in [0.25, 0.3) is 5.91 Å². The van der Waals surface area contributed by atoms with Crippen LogP contribution in [0.2, 0.25) is 0 Å². The quantitative estimate of drug-likeness (QED) is 0.817. The summed E-state index contributed by atoms with van der Waals surface area (Å²) in [4.78, 5) is 28.7. The lowest BCUT2D eigenvalue weighted by molar-refractivity contribution is 0.0692. The highest BCUT2D eigenvalue weighted by molar-refractivity contribution is 6.00. The van der Waals surface area contributed by atoms with E-state index in [0.717, 1.165) is 32.5 Å². The minimum atomic E-state index is -0.159. The summed E-state index contributed by atoms with van der Waals surface area (Å²) in [6.07, 6.45) is 1.89. The van der Waals surface area contributed by atoms with E-state index in [1.54, 1.807) is 30.2 Å². The van der Waals surface area contributed by atoms with Gasteiger partial charge in [0.2, 0.25) is 0 Å². The van der Waals surface area contributed by atoms with Crippen LogP contribution in [-0.2, 0) is 0 Å². The molecule has 1 unspecified atom stereocenters. The second-order valence-electron chi connectivity index (χ2n) is 6.42. The first-order valence-electron chi connectivity index (χ1n) is 8.90. The van der Waals surface area contributed by atoms with Crippen LogP contribution in [-0.4, -0.2) is 62.7 Å². The van der Waals surface area contributed by atoms with Gasteiger partial charge < -0.3 is 20.3 Å². The Morgan fingerprint density at radius 3 is 2.84 bits per heavy atom. The van der Waals surface area contributed by atoms with Crippen molar-refractivity contribution >= 4 is 17.6 Å². The third-order valence-electron chi connectivity index (χ3n) is 4.77. The molecule has 2 saturated heterocycles. The smallest absolute Gasteiger partial charge is 0.322 e. The van der Waals surface area contributed by atoms with Crippen molar-refractivity contribution in [3.05, 3.63) is 23.8 Å². The molecule has 3 rings (SSSR count). The average molecular weight is 346 g/mol. The lowest BCUT2D eigenvalue weighted by Gasteiger charge is -2.29. The normalized spacial score (nSPS) is 19.8. The molecule has 136 valence electrons. The molecule has 0 aromatic heterocycles. The predicted octanol–water partition coefficient (Wildman–Crippen LogP) is 1.44. The molecule has 2 fully saturated rings. The van der Waals surface area contributed by atoms with Gasteiger partial charge in [0, 0.05) is 37.8 Å². The predicted molar refractivity (Wildman–Crippen MR) is 96.3 cm³/mol. The third-order valence-corrected chi connectivity index (χ3v) is 4.77. The fraction of sp³-hybridized carbons (Fsp3) is 0.556. The standard InChI is InChI=1S/C18H26N4O3/c1-3-9-21(14-6-7-19-12-14)17(23)13-4-5-16(25-2)15(11-13)22-10-8-20-18(22)24/h4-5,11,14,19H,3,6-10,12H2,1-2H3,(H,20,24). The SMILES string of the molecule is CCCN(C(=O)c1ccc(OC)c(N2CCNC2=O)c1)C1CCNC1. The van der Waals surface area contributed by atoms with Crippen LogP contribution in [0.1, 0.15) is 30.1 Å². The Kier molecular flexibility index (Phi) is 5.43. The highest BCUT2D eigenvalue weighted by Crippen LogP contribution is 2.31. The Bertz CT molecular complexity index is 643. The summed E-state index contributed by atoms with van der Waals surface area (Å²) in [7, 11) is 1.57. The summed E-state index contributed by atoms with van der Waals surface area (Å²) in [5.41, 5.74) is 1.24. The molecule has 1 aromatic rings. The molecular weight excluding hydrogens is 320 g/mol. The molecule has 1 atom stereocenters. The first kappa shape index (κ1) is 17.5. The third kappa shape index (κ3) is 3.56. The molecule has 2 aliphatic heterocycles. The van der Waals surface area contributed by atoms with Crippen LogP contribution in [0.4, 0.5) is 10.5 Å². The molecular formula is C18H26N4O3. The maximum absolute atomic E-state index is 13.1. The van der Waals surface area contributed by atoms with Gasteiger partial charge in [-0.3, -0.25) is 9.69 Å². The van der Waals surface area contributed by atoms with Gasteiger partial charge in [0.15, 0.2) is 0 Å². The molecule has 2 heterocycles. The van der Waals surface area contributed by atoms with E-state index in [4.69, 9.17) is 4.74 Å². The van der Waals surface area contributed by atoms with Crippen molar-refractivity contribution in [2.75, 3.05) is 44.7 Å². The molecule has 1 aromatic carbocycles. The van der Waals surface area contributed by atoms with Gasteiger partial charge in [-0.25, -0.2) is 4.79 Å². The van der Waals surface area contributed by atoms with Crippen molar-refractivity contribution in [3.8, 4) is 5.75 Å². The molecule has 25 heavy (non-hydrogen) atoms. The van der Waals surface area contributed by atoms with Gasteiger partial charge in [0.1, 0.15) is 5.75 Å². The number of benzene rings is 1. The Morgan fingerprint density at radius 1 is 1.40 bits per heavy atom. The van der Waals surface area contributed by atoms with E-state index in [9.17, 15) is 9.59 Å². The summed E-state index contributed by atoms with van der Waals surface area (Å²) in [6, 6.07) is 5.40. The van der Waals surface area contributed by atoms with Crippen LogP contribution in [0.25, 0.3) is 0 Å². The first-order valence-corrected chi connectivity index (χ1v) is 8.90. The van der Waals surface area contributed by atoms with E-state index >= 15 is 0 Å². The number of urea groups is 1. The fourth-order valence-electron chi connectivity index (χ4n) is 3.50. The zero-order valence-electron chi connectivity index (χ0n) is 14.9. The van der Waals surface area contributed by atoms with Gasteiger partial charge in [-0.1, -0.05) is 6.92 Å². The molecule has 0 bridgehead atoms. The van der Waals surface area contributed by atoms with Crippen molar-refractivity contribution in [1.82, 2.24) is 15.5 Å². The fourth-order valence-corrected chi connectivity index (χ4v) is 3.50. The summed E-state index contributed by atoms with van der Waals surface area (Å²) < 4.78 is 5.39. The van der Waals surface area contributed by atoms with Gasteiger partial charge >= 0.3 is 6.03 Å². The summed E-state index contributed by atoms with van der Waals surface area (Å²) in [5.74, 6) is 0.609. The van der Waals surface area contributed by atoms with Crippen molar-refractivity contribution in [3.63, 3.8) is 0 Å². The number of amides is 3. The van der Waals surface area contributed by atoms with E-state index < -0.39 is 0 Å². The Labute approximate surface area is 148 Å². The lowest BCUT2D eigenvalue weighted by atomic mass is 10.1. The molecule has 0 saturated carbocycles. The number of rotatable bonds is 6. The number of carbonyl (C=O) groups is 2. The van der Waals surface area contributed by atoms with Crippen molar-refractivity contribution < 1.29 is 14.3 Å². The summed E-state index contributed by atoms with van der Waals surface area (Å²) in [5, 5.41) is 6.11. The van der Waals surface area contributed by atoms with E-state index in [-0.39, 0.29) is 18.0 Å². The van der Waals surface area contributed by atoms with Gasteiger partial charge in [-0.2, -0.15) is 0 Å². The number of hydrogen-bond donors (Lipinski definition) is 2. The van der Waals surface area contributed by atoms with E-state index in [0.29, 0.717) is 30.1 Å². The second kappa shape index (κ2) is 7.74. The number of anilines is 1. The second-order valence-corrected chi connectivity index (χ2v) is 6.42. The largest absolute Gasteiger partial charge is 0.495 e. The minimum absolute atomic E-state index is 0.0130. The Balaban J connectivity index is 1.90. The zero-order chi connectivity index (χ0) is 17.8. The van der Waals surface area contributed by atoms with Crippen LogP contribution >= 0.6 is 0 Å². The molecule has 3 amide bonds. The zero-order valence-corrected chi connectivity index (χ0v) is 14.9. The van der Waals surface area contributed by atoms with Crippen molar-refractivity contribution in [2.45, 2.75) is 25.8 Å². The number of nitrogens with zero attached hydrogens (tertiary/aromatic N) is 2. The van der Waals surface area contributed by atoms with Gasteiger partial charge in [-0.15, -0.1) is 0 Å². The average Bonchev–Trinajstić information content (AvgIpc) is 3.30. The topological polar surface area (TPSA) is 73.9 Å². The molecule has 0 spiro atoms. The highest BCUT2D eigenvalue weighted by atomic mass is 16.5. The highest BCUT2D eigenvalue weighted by Gasteiger charge is 2.29. The van der Waals surface area contributed by atoms with Gasteiger partial charge in [-0.05, 0) is 37.6 Å². The molecule has 7 nitrogen and oxygen atoms in total. The van der Waals surface area contributed by atoms with Crippen LogP contribution in [0, 0.1) is 0 Å². The lowest BCUT2D eigenvalue weighted by Crippen LogP contribution is -2.42. The van der Waals surface area contributed by atoms with Crippen LogP contribution < -0.4 is 20.3 Å². The van der Waals surface area contributed by atoms with Gasteiger partial charge in [0.05, 0.1) is 12.8 Å². The number of nitrogens with one attached hydrogen (secondary N) is 2. The number of carbonyl (C=O) groups excluding carboxylic acids is 2. The van der Waals surface area contributed by atoms with Crippen LogP contribution in [0.5, 0.6) is 5.75 Å². The molecule has 0 aliphatic carbocycles. The van der Waals surface area contributed by atoms with Crippen molar-refractivity contribution in [2.24, 2.45) is 0 Å². The summed E-state index contributed by atoms with van der Waals surface area (Å²) in [6.45, 7) is 5.75. The van der Waals surface area contributed by atoms with E-state index in [1.807, 2.05) is 4.90 Å². The monoisotopic (exact) mass is 346 g/mol. The number of methoxy groups -OCH3 is 1. The first-order chi connectivity index (χ1) is 12.2. The van der Waals surface area contributed by atoms with E-state index in [2.05, 4.69) is 17.6 Å². The summed E-state index contributed by atoms with van der Waals surface area (Å²) >= 11 is 0. The van der Waals surface area contributed by atoms with Crippen LogP contribution in [0.15, 0.2) is 18.2 Å². The minimum Gasteiger partial charge on any atom is -0.495 e. The Morgan fingerprint density at radius 2 is 2.24 bits per heavy atom. The Hall–Kier alpha value is -2.28. The molecule has 2 aliphatic rings. The van der Waals surface area contributed by atoms with Crippen LogP contribution in [0.3, 0.4) is 0 Å². The molecule has 2 N–H and O–H groups in total. The molecule has 7 heteroatoms. The van der Waals surface area contributed by atoms with Crippen molar-refractivity contribution in [1.29, 1.82) is 0 Å².